The van der Waals surface area contributed by atoms with Gasteiger partial charge in [0.1, 0.15) is 0 Å². The van der Waals surface area contributed by atoms with E-state index in [4.69, 9.17) is 0 Å². The summed E-state index contributed by atoms with van der Waals surface area (Å²) in [6, 6.07) is 0. The van der Waals surface area contributed by atoms with E-state index >= 15 is 0 Å². The average molecular weight is 89.2 g/mol. The van der Waals surface area contributed by atoms with Crippen LogP contribution in [0, 0.1) is 0 Å². The molecule has 0 saturated carbocycles. The molecule has 0 radical (unpaired) electrons. The van der Waals surface area contributed by atoms with Crippen molar-refractivity contribution < 1.29 is 1.43 Å². The van der Waals surface area contributed by atoms with Crippen LogP contribution in [0.3, 0.4) is 0 Å². The molecule has 0 aromatic rings. The van der Waals surface area contributed by atoms with Gasteiger partial charge in [-0.2, -0.15) is 0 Å². The van der Waals surface area contributed by atoms with Crippen molar-refractivity contribution in [2.45, 2.75) is 12.8 Å². The van der Waals surface area contributed by atoms with Crippen molar-refractivity contribution >= 4 is 0 Å². The zero-order valence-corrected chi connectivity index (χ0v) is 4.28. The molecule has 0 N–H and O–H groups in total. The van der Waals surface area contributed by atoms with Crippen molar-refractivity contribution in [1.29, 1.82) is 0 Å². The molecule has 0 spiro atoms. The molecule has 0 aliphatic carbocycles. The summed E-state index contributed by atoms with van der Waals surface area (Å²) in [7, 11) is 2.17. The third-order valence-electron chi connectivity index (χ3n) is 1.33. The normalized spacial score (nSPS) is 25.5. The van der Waals surface area contributed by atoms with Gasteiger partial charge < -0.3 is 4.90 Å². The van der Waals surface area contributed by atoms with E-state index in [1.165, 1.54) is 25.9 Å². The smallest absolute Gasteiger partial charge is 0 e. The minimum atomic E-state index is 0. The lowest BCUT2D eigenvalue weighted by molar-refractivity contribution is 0.418. The van der Waals surface area contributed by atoms with Crippen molar-refractivity contribution in [2.24, 2.45) is 0 Å². The molecule has 6 heavy (non-hydrogen) atoms. The molecule has 0 unspecified atom stereocenters. The molecular weight excluding hydrogens is 74.1 g/mol. The second-order valence-corrected chi connectivity index (χ2v) is 2.01. The zero-order valence-electron chi connectivity index (χ0n) is 4.28. The first kappa shape index (κ1) is 4.13. The van der Waals surface area contributed by atoms with Gasteiger partial charge in [-0.1, -0.05) is 0 Å². The second kappa shape index (κ2) is 1.61. The van der Waals surface area contributed by atoms with E-state index in [9.17, 15) is 0 Å². The van der Waals surface area contributed by atoms with Gasteiger partial charge in [-0.15, -0.1) is 0 Å². The van der Waals surface area contributed by atoms with Crippen LogP contribution in [0.2, 0.25) is 0 Å². The molecule has 0 aromatic carbocycles. The molecule has 1 fully saturated rings. The fraction of sp³-hybridized carbons (Fsp3) is 1.00. The Hall–Kier alpha value is -0.0400. The Balaban J connectivity index is 0.000000360. The van der Waals surface area contributed by atoms with E-state index in [1.54, 1.807) is 0 Å². The Morgan fingerprint density at radius 3 is 2.00 bits per heavy atom. The maximum absolute atomic E-state index is 2.36. The van der Waals surface area contributed by atoms with Crippen LogP contribution in [0.1, 0.15) is 14.3 Å². The minimum absolute atomic E-state index is 0. The van der Waals surface area contributed by atoms with Crippen LogP contribution in [0.25, 0.3) is 0 Å². The third kappa shape index (κ3) is 0.716. The first-order chi connectivity index (χ1) is 2.89. The van der Waals surface area contributed by atoms with E-state index < -0.39 is 0 Å². The third-order valence-corrected chi connectivity index (χ3v) is 1.33. The van der Waals surface area contributed by atoms with E-state index in [-0.39, 0.29) is 1.43 Å². The predicted octanol–water partition coefficient (Wildman–Crippen LogP) is 0.958. The number of hydrogen-bond acceptors (Lipinski definition) is 1. The highest BCUT2D eigenvalue weighted by Gasteiger charge is 2.03. The van der Waals surface area contributed by atoms with Gasteiger partial charge in [-0.25, -0.2) is 0 Å². The zero-order chi connectivity index (χ0) is 4.41. The maximum Gasteiger partial charge on any atom is 0 e. The minimum Gasteiger partial charge on any atom is -0.306 e. The summed E-state index contributed by atoms with van der Waals surface area (Å²) in [5.41, 5.74) is 0. The molecule has 1 aliphatic heterocycles. The van der Waals surface area contributed by atoms with Gasteiger partial charge in [0, 0.05) is 1.43 Å². The predicted molar refractivity (Wildman–Crippen MR) is 28.8 cm³/mol. The Bertz CT molecular complexity index is 41.3. The quantitative estimate of drug-likeness (QED) is 0.427. The summed E-state index contributed by atoms with van der Waals surface area (Å²) >= 11 is 0. The molecule has 0 bridgehead atoms. The summed E-state index contributed by atoms with van der Waals surface area (Å²) in [5.74, 6) is 0. The van der Waals surface area contributed by atoms with Gasteiger partial charge in [0.15, 0.2) is 0 Å². The summed E-state index contributed by atoms with van der Waals surface area (Å²) < 4.78 is 0. The van der Waals surface area contributed by atoms with Gasteiger partial charge in [0.2, 0.25) is 0 Å². The number of nitrogens with zero attached hydrogens (tertiary/aromatic N) is 1. The van der Waals surface area contributed by atoms with Gasteiger partial charge in [-0.3, -0.25) is 0 Å². The molecular formula is C5H13N. The summed E-state index contributed by atoms with van der Waals surface area (Å²) in [6.07, 6.45) is 2.83. The largest absolute Gasteiger partial charge is 0.306 e. The molecule has 38 valence electrons. The van der Waals surface area contributed by atoms with Gasteiger partial charge in [-0.05, 0) is 33.0 Å². The van der Waals surface area contributed by atoms with Crippen LogP contribution in [0.15, 0.2) is 0 Å². The molecule has 0 aromatic heterocycles. The van der Waals surface area contributed by atoms with Crippen LogP contribution < -0.4 is 0 Å². The van der Waals surface area contributed by atoms with Gasteiger partial charge in [0.25, 0.3) is 0 Å². The highest BCUT2D eigenvalue weighted by atomic mass is 15.1. The van der Waals surface area contributed by atoms with E-state index in [2.05, 4.69) is 11.9 Å². The van der Waals surface area contributed by atoms with E-state index in [1.807, 2.05) is 0 Å². The fourth-order valence-corrected chi connectivity index (χ4v) is 0.875. The molecule has 1 rings (SSSR count). The number of rotatable bonds is 0. The molecule has 0 amide bonds. The Morgan fingerprint density at radius 2 is 1.83 bits per heavy atom. The molecule has 0 atom stereocenters. The van der Waals surface area contributed by atoms with E-state index in [0.717, 1.165) is 0 Å². The molecule has 1 heterocycles. The molecule has 1 saturated heterocycles. The first-order valence-electron chi connectivity index (χ1n) is 2.58. The van der Waals surface area contributed by atoms with Gasteiger partial charge in [0.05, 0.1) is 0 Å². The Kier molecular flexibility index (Phi) is 1.10. The standard InChI is InChI=1S/C5H11N.H2/c1-6-4-2-3-5-6;/h2-5H2,1H3;1H/i;1+2. The summed E-state index contributed by atoms with van der Waals surface area (Å²) in [6.45, 7) is 2.64. The number of likely N-dealkylation sites (tertiary alicyclic amines) is 1. The van der Waals surface area contributed by atoms with Crippen molar-refractivity contribution in [3.8, 4) is 0 Å². The van der Waals surface area contributed by atoms with Crippen molar-refractivity contribution in [1.82, 2.24) is 4.90 Å². The fourth-order valence-electron chi connectivity index (χ4n) is 0.875. The lowest BCUT2D eigenvalue weighted by atomic mass is 10.4. The monoisotopic (exact) mass is 89.1 g/mol. The van der Waals surface area contributed by atoms with Crippen LogP contribution in [-0.2, 0) is 0 Å². The van der Waals surface area contributed by atoms with Crippen LogP contribution in [-0.4, -0.2) is 25.0 Å². The second-order valence-electron chi connectivity index (χ2n) is 2.01. The Labute approximate surface area is 40.4 Å². The van der Waals surface area contributed by atoms with Crippen LogP contribution in [0.5, 0.6) is 0 Å². The Morgan fingerprint density at radius 1 is 1.33 bits per heavy atom. The van der Waals surface area contributed by atoms with Gasteiger partial charge >= 0.3 is 0 Å². The van der Waals surface area contributed by atoms with Crippen LogP contribution >= 0.6 is 0 Å². The molecule has 1 heteroatoms. The van der Waals surface area contributed by atoms with Crippen LogP contribution in [0.4, 0.5) is 0 Å². The van der Waals surface area contributed by atoms with Crippen molar-refractivity contribution in [3.05, 3.63) is 0 Å². The molecule has 1 nitrogen and oxygen atoms in total. The first-order valence-corrected chi connectivity index (χ1v) is 2.58. The number of hydrogen-bond donors (Lipinski definition) is 0. The van der Waals surface area contributed by atoms with Crippen molar-refractivity contribution in [3.63, 3.8) is 0 Å². The van der Waals surface area contributed by atoms with E-state index in [0.29, 0.717) is 0 Å². The highest BCUT2D eigenvalue weighted by Crippen LogP contribution is 2.01. The lowest BCUT2D eigenvalue weighted by Gasteiger charge is -2.01. The highest BCUT2D eigenvalue weighted by molar-refractivity contribution is 4.59. The summed E-state index contributed by atoms with van der Waals surface area (Å²) in [4.78, 5) is 2.36. The van der Waals surface area contributed by atoms with Crippen molar-refractivity contribution in [2.75, 3.05) is 20.1 Å². The summed E-state index contributed by atoms with van der Waals surface area (Å²) in [5, 5.41) is 0. The lowest BCUT2D eigenvalue weighted by Crippen LogP contribution is -2.10. The maximum atomic E-state index is 2.36. The SMILES string of the molecule is CN1CCCC1.[3HH]. The topological polar surface area (TPSA) is 3.24 Å². The average Bonchev–Trinajstić information content (AvgIpc) is 1.86. The molecule has 1 aliphatic rings.